The van der Waals surface area contributed by atoms with Crippen LogP contribution in [0, 0.1) is 0 Å². The van der Waals surface area contributed by atoms with Gasteiger partial charge in [0.1, 0.15) is 0 Å². The molecule has 25 heavy (non-hydrogen) atoms. The van der Waals surface area contributed by atoms with Crippen LogP contribution in [0.3, 0.4) is 0 Å². The van der Waals surface area contributed by atoms with Gasteiger partial charge >= 0.3 is 0 Å². The molecule has 3 aromatic rings. The van der Waals surface area contributed by atoms with E-state index in [1.165, 1.54) is 24.0 Å². The highest BCUT2D eigenvalue weighted by molar-refractivity contribution is 5.45. The Kier molecular flexibility index (Phi) is 4.72. The maximum atomic E-state index is 4.51. The summed E-state index contributed by atoms with van der Waals surface area (Å²) in [6.07, 6.45) is 11.9. The summed E-state index contributed by atoms with van der Waals surface area (Å²) in [5.74, 6) is 0. The van der Waals surface area contributed by atoms with Crippen LogP contribution in [0.4, 0.5) is 0 Å². The predicted octanol–water partition coefficient (Wildman–Crippen LogP) is 2.22. The zero-order chi connectivity index (χ0) is 17.1. The van der Waals surface area contributed by atoms with Crippen molar-refractivity contribution in [1.82, 2.24) is 29.4 Å². The lowest BCUT2D eigenvalue weighted by molar-refractivity contribution is 0.108. The van der Waals surface area contributed by atoms with E-state index in [1.54, 1.807) is 0 Å². The summed E-state index contributed by atoms with van der Waals surface area (Å²) in [5, 5.41) is 4.45. The van der Waals surface area contributed by atoms with Gasteiger partial charge in [-0.1, -0.05) is 0 Å². The van der Waals surface area contributed by atoms with Crippen molar-refractivity contribution in [2.45, 2.75) is 32.0 Å². The molecule has 0 unspecified atom stereocenters. The third-order valence-corrected chi connectivity index (χ3v) is 5.07. The summed E-state index contributed by atoms with van der Waals surface area (Å²) in [7, 11) is 2.21. The molecule has 0 aliphatic carbocycles. The van der Waals surface area contributed by atoms with Gasteiger partial charge in [0, 0.05) is 49.5 Å². The van der Waals surface area contributed by atoms with Gasteiger partial charge in [0.15, 0.2) is 5.65 Å². The Balaban J connectivity index is 1.58. The van der Waals surface area contributed by atoms with Gasteiger partial charge in [0.05, 0.1) is 6.20 Å². The molecule has 130 valence electrons. The lowest BCUT2D eigenvalue weighted by Gasteiger charge is -2.37. The molecule has 1 saturated heterocycles. The van der Waals surface area contributed by atoms with Crippen molar-refractivity contribution < 1.29 is 0 Å². The van der Waals surface area contributed by atoms with Crippen molar-refractivity contribution >= 4 is 5.65 Å². The molecule has 0 amide bonds. The summed E-state index contributed by atoms with van der Waals surface area (Å²) in [6, 6.07) is 6.71. The Bertz CT molecular complexity index is 807. The fourth-order valence-electron chi connectivity index (χ4n) is 3.60. The van der Waals surface area contributed by atoms with Gasteiger partial charge in [-0.3, -0.25) is 9.88 Å². The molecule has 0 radical (unpaired) electrons. The number of hydrogen-bond acceptors (Lipinski definition) is 5. The standard InChI is InChI=1S/C19H24N6/c1-23-11-5-18(6-12-23)24(14-16-3-8-20-9-4-16)15-17-13-22-25-10-2-7-21-19(17)25/h2-4,7-10,13,18H,5-6,11-12,14-15H2,1H3. The highest BCUT2D eigenvalue weighted by Crippen LogP contribution is 2.22. The topological polar surface area (TPSA) is 49.6 Å². The molecular weight excluding hydrogens is 312 g/mol. The molecule has 4 rings (SSSR count). The third-order valence-electron chi connectivity index (χ3n) is 5.07. The normalized spacial score (nSPS) is 16.7. The van der Waals surface area contributed by atoms with Crippen molar-refractivity contribution in [3.63, 3.8) is 0 Å². The number of rotatable bonds is 5. The molecule has 4 heterocycles. The second-order valence-electron chi connectivity index (χ2n) is 6.85. The maximum Gasteiger partial charge on any atom is 0.159 e. The average molecular weight is 336 g/mol. The van der Waals surface area contributed by atoms with Crippen molar-refractivity contribution in [2.24, 2.45) is 0 Å². The van der Waals surface area contributed by atoms with Crippen LogP contribution in [0.25, 0.3) is 5.65 Å². The minimum Gasteiger partial charge on any atom is -0.306 e. The Morgan fingerprint density at radius 2 is 1.92 bits per heavy atom. The molecule has 0 saturated carbocycles. The molecular formula is C19H24N6. The molecule has 6 nitrogen and oxygen atoms in total. The van der Waals surface area contributed by atoms with E-state index < -0.39 is 0 Å². The Morgan fingerprint density at radius 1 is 1.12 bits per heavy atom. The number of nitrogens with zero attached hydrogens (tertiary/aromatic N) is 6. The first-order chi connectivity index (χ1) is 12.3. The second-order valence-corrected chi connectivity index (χ2v) is 6.85. The smallest absolute Gasteiger partial charge is 0.159 e. The van der Waals surface area contributed by atoms with Crippen molar-refractivity contribution in [2.75, 3.05) is 20.1 Å². The molecule has 3 aromatic heterocycles. The molecule has 0 atom stereocenters. The number of piperidine rings is 1. The fraction of sp³-hybridized carbons (Fsp3) is 0.421. The number of hydrogen-bond donors (Lipinski definition) is 0. The van der Waals surface area contributed by atoms with Crippen LogP contribution in [-0.2, 0) is 13.1 Å². The summed E-state index contributed by atoms with van der Waals surface area (Å²) in [4.78, 5) is 13.6. The quantitative estimate of drug-likeness (QED) is 0.715. The van der Waals surface area contributed by atoms with Gasteiger partial charge in [-0.05, 0) is 56.7 Å². The summed E-state index contributed by atoms with van der Waals surface area (Å²) < 4.78 is 1.86. The molecule has 0 aromatic carbocycles. The number of fused-ring (bicyclic) bond motifs is 1. The predicted molar refractivity (Wildman–Crippen MR) is 97.0 cm³/mol. The Labute approximate surface area is 148 Å². The van der Waals surface area contributed by atoms with Gasteiger partial charge < -0.3 is 4.90 Å². The zero-order valence-corrected chi connectivity index (χ0v) is 14.6. The van der Waals surface area contributed by atoms with E-state index in [0.29, 0.717) is 6.04 Å². The van der Waals surface area contributed by atoms with Crippen LogP contribution in [0.1, 0.15) is 24.0 Å². The van der Waals surface area contributed by atoms with Crippen molar-refractivity contribution in [3.05, 3.63) is 60.3 Å². The minimum absolute atomic E-state index is 0.586. The van der Waals surface area contributed by atoms with Gasteiger partial charge in [0.2, 0.25) is 0 Å². The van der Waals surface area contributed by atoms with Crippen molar-refractivity contribution in [3.8, 4) is 0 Å². The first kappa shape index (κ1) is 16.2. The maximum absolute atomic E-state index is 4.51. The first-order valence-corrected chi connectivity index (χ1v) is 8.88. The molecule has 6 heteroatoms. The van der Waals surface area contributed by atoms with E-state index in [0.717, 1.165) is 31.8 Å². The summed E-state index contributed by atoms with van der Waals surface area (Å²) >= 11 is 0. The second kappa shape index (κ2) is 7.29. The van der Waals surface area contributed by atoms with Gasteiger partial charge in [0.25, 0.3) is 0 Å². The van der Waals surface area contributed by atoms with Gasteiger partial charge in [-0.2, -0.15) is 5.10 Å². The molecule has 1 fully saturated rings. The largest absolute Gasteiger partial charge is 0.306 e. The van der Waals surface area contributed by atoms with E-state index in [9.17, 15) is 0 Å². The lowest BCUT2D eigenvalue weighted by atomic mass is 10.0. The molecule has 0 spiro atoms. The van der Waals surface area contributed by atoms with E-state index in [-0.39, 0.29) is 0 Å². The summed E-state index contributed by atoms with van der Waals surface area (Å²) in [5.41, 5.74) is 3.45. The van der Waals surface area contributed by atoms with Crippen LogP contribution in [-0.4, -0.2) is 55.6 Å². The molecule has 1 aliphatic rings. The van der Waals surface area contributed by atoms with Gasteiger partial charge in [-0.15, -0.1) is 0 Å². The zero-order valence-electron chi connectivity index (χ0n) is 14.6. The van der Waals surface area contributed by atoms with E-state index in [1.807, 2.05) is 41.6 Å². The number of likely N-dealkylation sites (tertiary alicyclic amines) is 1. The van der Waals surface area contributed by atoms with Crippen LogP contribution < -0.4 is 0 Å². The van der Waals surface area contributed by atoms with Gasteiger partial charge in [-0.25, -0.2) is 9.50 Å². The van der Waals surface area contributed by atoms with E-state index in [2.05, 4.69) is 44.0 Å². The minimum atomic E-state index is 0.586. The molecule has 0 bridgehead atoms. The van der Waals surface area contributed by atoms with E-state index in [4.69, 9.17) is 0 Å². The van der Waals surface area contributed by atoms with Crippen molar-refractivity contribution in [1.29, 1.82) is 0 Å². The molecule has 1 aliphatic heterocycles. The summed E-state index contributed by atoms with van der Waals surface area (Å²) in [6.45, 7) is 4.12. The van der Waals surface area contributed by atoms with Crippen LogP contribution in [0.5, 0.6) is 0 Å². The SMILES string of the molecule is CN1CCC(N(Cc2ccncc2)Cc2cnn3cccnc23)CC1. The van der Waals surface area contributed by atoms with E-state index >= 15 is 0 Å². The number of aromatic nitrogens is 4. The lowest BCUT2D eigenvalue weighted by Crippen LogP contribution is -2.43. The highest BCUT2D eigenvalue weighted by atomic mass is 15.3. The first-order valence-electron chi connectivity index (χ1n) is 8.88. The fourth-order valence-corrected chi connectivity index (χ4v) is 3.60. The monoisotopic (exact) mass is 336 g/mol. The highest BCUT2D eigenvalue weighted by Gasteiger charge is 2.24. The van der Waals surface area contributed by atoms with Crippen LogP contribution >= 0.6 is 0 Å². The molecule has 0 N–H and O–H groups in total. The van der Waals surface area contributed by atoms with Crippen LogP contribution in [0.15, 0.2) is 49.2 Å². The number of pyridine rings is 1. The average Bonchev–Trinajstić information content (AvgIpc) is 3.06. The Hall–Kier alpha value is -2.31. The third kappa shape index (κ3) is 3.70. The Morgan fingerprint density at radius 3 is 2.72 bits per heavy atom. The van der Waals surface area contributed by atoms with Crippen LogP contribution in [0.2, 0.25) is 0 Å².